The molecule has 3 heteroatoms. The van der Waals surface area contributed by atoms with Gasteiger partial charge in [-0.3, -0.25) is 0 Å². The zero-order chi connectivity index (χ0) is 12.7. The minimum absolute atomic E-state index is 0.0617. The van der Waals surface area contributed by atoms with Crippen molar-refractivity contribution in [1.82, 2.24) is 0 Å². The second kappa shape index (κ2) is 7.46. The molecule has 2 aliphatic rings. The summed E-state index contributed by atoms with van der Waals surface area (Å²) in [5.41, 5.74) is 6.54. The molecule has 2 heterocycles. The molecule has 0 spiro atoms. The highest BCUT2D eigenvalue weighted by atomic mass is 16.5. The van der Waals surface area contributed by atoms with E-state index in [0.717, 1.165) is 51.6 Å². The highest BCUT2D eigenvalue weighted by Gasteiger charge is 2.25. The van der Waals surface area contributed by atoms with Gasteiger partial charge in [-0.2, -0.15) is 0 Å². The zero-order valence-corrected chi connectivity index (χ0v) is 11.7. The quantitative estimate of drug-likeness (QED) is 0.768. The second-order valence-corrected chi connectivity index (χ2v) is 6.13. The first-order valence-corrected chi connectivity index (χ1v) is 7.73. The Morgan fingerprint density at radius 3 is 2.56 bits per heavy atom. The Kier molecular flexibility index (Phi) is 5.93. The molecule has 0 amide bonds. The molecule has 3 nitrogen and oxygen atoms in total. The summed E-state index contributed by atoms with van der Waals surface area (Å²) in [4.78, 5) is 0. The highest BCUT2D eigenvalue weighted by molar-refractivity contribution is 4.85. The van der Waals surface area contributed by atoms with Crippen LogP contribution in [0.4, 0.5) is 0 Å². The third-order valence-electron chi connectivity index (χ3n) is 4.59. The number of hydrogen-bond donors (Lipinski definition) is 1. The van der Waals surface area contributed by atoms with E-state index in [9.17, 15) is 0 Å². The zero-order valence-electron chi connectivity index (χ0n) is 11.7. The Bertz CT molecular complexity index is 219. The van der Waals surface area contributed by atoms with Gasteiger partial charge in [0.05, 0.1) is 0 Å². The Balaban J connectivity index is 1.58. The van der Waals surface area contributed by atoms with Crippen LogP contribution in [0.1, 0.15) is 57.8 Å². The predicted octanol–water partition coefficient (Wildman–Crippen LogP) is 2.87. The first-order chi connectivity index (χ1) is 8.79. The Labute approximate surface area is 111 Å². The fourth-order valence-electron chi connectivity index (χ4n) is 3.22. The van der Waals surface area contributed by atoms with Gasteiger partial charge in [-0.1, -0.05) is 19.3 Å². The Hall–Kier alpha value is -0.120. The van der Waals surface area contributed by atoms with Gasteiger partial charge >= 0.3 is 0 Å². The summed E-state index contributed by atoms with van der Waals surface area (Å²) in [5, 5.41) is 0. The van der Waals surface area contributed by atoms with Crippen LogP contribution in [0.15, 0.2) is 0 Å². The normalized spacial score (nSPS) is 31.2. The van der Waals surface area contributed by atoms with Crippen molar-refractivity contribution < 1.29 is 9.47 Å². The molecule has 2 N–H and O–H groups in total. The van der Waals surface area contributed by atoms with Crippen molar-refractivity contribution in [3.63, 3.8) is 0 Å². The van der Waals surface area contributed by atoms with Gasteiger partial charge in [-0.05, 0) is 44.4 Å². The molecule has 0 saturated carbocycles. The maximum Gasteiger partial charge on any atom is 0.0483 e. The first-order valence-electron chi connectivity index (χ1n) is 7.73. The fourth-order valence-corrected chi connectivity index (χ4v) is 3.22. The van der Waals surface area contributed by atoms with Crippen molar-refractivity contribution in [2.24, 2.45) is 11.7 Å². The van der Waals surface area contributed by atoms with Crippen LogP contribution in [-0.2, 0) is 9.47 Å². The van der Waals surface area contributed by atoms with E-state index in [-0.39, 0.29) is 5.54 Å². The monoisotopic (exact) mass is 255 g/mol. The van der Waals surface area contributed by atoms with E-state index in [0.29, 0.717) is 0 Å². The minimum Gasteiger partial charge on any atom is -0.381 e. The third-order valence-corrected chi connectivity index (χ3v) is 4.59. The van der Waals surface area contributed by atoms with Gasteiger partial charge in [0.25, 0.3) is 0 Å². The van der Waals surface area contributed by atoms with Crippen LogP contribution in [0.3, 0.4) is 0 Å². The Morgan fingerprint density at radius 2 is 1.72 bits per heavy atom. The number of nitrogens with two attached hydrogens (primary N) is 1. The summed E-state index contributed by atoms with van der Waals surface area (Å²) in [6.45, 7) is 3.71. The molecule has 2 aliphatic heterocycles. The third kappa shape index (κ3) is 4.87. The summed E-state index contributed by atoms with van der Waals surface area (Å²) in [5.74, 6) is 0.907. The molecule has 0 radical (unpaired) electrons. The lowest BCUT2D eigenvalue weighted by atomic mass is 9.85. The van der Waals surface area contributed by atoms with Crippen LogP contribution in [-0.4, -0.2) is 32.0 Å². The molecule has 2 fully saturated rings. The van der Waals surface area contributed by atoms with Crippen LogP contribution in [0.5, 0.6) is 0 Å². The van der Waals surface area contributed by atoms with Gasteiger partial charge in [0, 0.05) is 32.0 Å². The molecule has 1 atom stereocenters. The van der Waals surface area contributed by atoms with Gasteiger partial charge in [-0.15, -0.1) is 0 Å². The smallest absolute Gasteiger partial charge is 0.0483 e. The van der Waals surface area contributed by atoms with Crippen LogP contribution >= 0.6 is 0 Å². The van der Waals surface area contributed by atoms with E-state index in [2.05, 4.69) is 0 Å². The van der Waals surface area contributed by atoms with Crippen LogP contribution < -0.4 is 5.73 Å². The summed E-state index contributed by atoms with van der Waals surface area (Å²) >= 11 is 0. The molecule has 2 rings (SSSR count). The van der Waals surface area contributed by atoms with Gasteiger partial charge in [0.2, 0.25) is 0 Å². The van der Waals surface area contributed by atoms with Crippen molar-refractivity contribution in [2.75, 3.05) is 26.4 Å². The van der Waals surface area contributed by atoms with E-state index in [1.807, 2.05) is 0 Å². The molecular formula is C15H29NO2. The van der Waals surface area contributed by atoms with Gasteiger partial charge in [0.15, 0.2) is 0 Å². The molecule has 2 saturated heterocycles. The summed E-state index contributed by atoms with van der Waals surface area (Å²) < 4.78 is 10.9. The van der Waals surface area contributed by atoms with Crippen molar-refractivity contribution in [2.45, 2.75) is 63.3 Å². The molecular weight excluding hydrogens is 226 g/mol. The van der Waals surface area contributed by atoms with E-state index in [1.54, 1.807) is 0 Å². The topological polar surface area (TPSA) is 44.5 Å². The van der Waals surface area contributed by atoms with E-state index >= 15 is 0 Å². The molecule has 18 heavy (non-hydrogen) atoms. The molecule has 0 aromatic carbocycles. The number of rotatable bonds is 5. The van der Waals surface area contributed by atoms with Crippen molar-refractivity contribution >= 4 is 0 Å². The van der Waals surface area contributed by atoms with E-state index in [4.69, 9.17) is 15.2 Å². The SMILES string of the molecule is NC1(CCCCC2CCOCC2)CCCOCC1. The number of hydrogen-bond acceptors (Lipinski definition) is 3. The van der Waals surface area contributed by atoms with Crippen LogP contribution in [0, 0.1) is 5.92 Å². The molecule has 0 bridgehead atoms. The lowest BCUT2D eigenvalue weighted by molar-refractivity contribution is 0.0629. The maximum atomic E-state index is 6.48. The Morgan fingerprint density at radius 1 is 0.944 bits per heavy atom. The lowest BCUT2D eigenvalue weighted by Gasteiger charge is -2.28. The summed E-state index contributed by atoms with van der Waals surface area (Å²) in [7, 11) is 0. The van der Waals surface area contributed by atoms with Crippen LogP contribution in [0.25, 0.3) is 0 Å². The average molecular weight is 255 g/mol. The van der Waals surface area contributed by atoms with Crippen LogP contribution in [0.2, 0.25) is 0 Å². The van der Waals surface area contributed by atoms with E-state index in [1.165, 1.54) is 38.5 Å². The minimum atomic E-state index is 0.0617. The van der Waals surface area contributed by atoms with Gasteiger partial charge < -0.3 is 15.2 Å². The highest BCUT2D eigenvalue weighted by Crippen LogP contribution is 2.26. The number of ether oxygens (including phenoxy) is 2. The number of unbranched alkanes of at least 4 members (excludes halogenated alkanes) is 1. The van der Waals surface area contributed by atoms with Crippen molar-refractivity contribution in [3.05, 3.63) is 0 Å². The molecule has 0 aromatic rings. The van der Waals surface area contributed by atoms with Gasteiger partial charge in [0.1, 0.15) is 0 Å². The molecule has 0 aliphatic carbocycles. The van der Waals surface area contributed by atoms with Gasteiger partial charge in [-0.25, -0.2) is 0 Å². The fraction of sp³-hybridized carbons (Fsp3) is 1.00. The predicted molar refractivity (Wildman–Crippen MR) is 73.6 cm³/mol. The van der Waals surface area contributed by atoms with E-state index < -0.39 is 0 Å². The summed E-state index contributed by atoms with van der Waals surface area (Å²) in [6.07, 6.45) is 11.0. The average Bonchev–Trinajstić information content (AvgIpc) is 2.61. The standard InChI is InChI=1S/C15H29NO2/c16-15(8-3-10-17-13-9-15)7-2-1-4-14-5-11-18-12-6-14/h14H,1-13,16H2. The lowest BCUT2D eigenvalue weighted by Crippen LogP contribution is -2.39. The molecule has 1 unspecified atom stereocenters. The second-order valence-electron chi connectivity index (χ2n) is 6.13. The molecule has 106 valence electrons. The van der Waals surface area contributed by atoms with Crippen molar-refractivity contribution in [3.8, 4) is 0 Å². The maximum absolute atomic E-state index is 6.48. The summed E-state index contributed by atoms with van der Waals surface area (Å²) in [6, 6.07) is 0. The first kappa shape index (κ1) is 14.3. The molecule has 0 aromatic heterocycles. The largest absolute Gasteiger partial charge is 0.381 e. The van der Waals surface area contributed by atoms with Crippen molar-refractivity contribution in [1.29, 1.82) is 0 Å².